The standard InChI is InChI=1S/C14H22N4O3/c1-4-8-17(10-13(19)16(2)3)9-11-6-5-7-12(14(11)15)18(20)21/h5-7H,4,8-10,15H2,1-3H3. The number of rotatable bonds is 7. The minimum atomic E-state index is -0.492. The molecule has 0 saturated carbocycles. The van der Waals surface area contributed by atoms with Crippen molar-refractivity contribution in [3.8, 4) is 0 Å². The third-order valence-electron chi connectivity index (χ3n) is 3.16. The summed E-state index contributed by atoms with van der Waals surface area (Å²) in [6.45, 7) is 3.43. The minimum Gasteiger partial charge on any atom is -0.393 e. The second-order valence-corrected chi connectivity index (χ2v) is 5.11. The van der Waals surface area contributed by atoms with E-state index in [-0.39, 0.29) is 23.8 Å². The van der Waals surface area contributed by atoms with Gasteiger partial charge in [-0.15, -0.1) is 0 Å². The van der Waals surface area contributed by atoms with Crippen LogP contribution in [0.15, 0.2) is 18.2 Å². The molecule has 7 nitrogen and oxygen atoms in total. The number of hydrogen-bond donors (Lipinski definition) is 1. The number of nitro benzene ring substituents is 1. The van der Waals surface area contributed by atoms with Crippen molar-refractivity contribution in [1.29, 1.82) is 0 Å². The summed E-state index contributed by atoms with van der Waals surface area (Å²) in [5, 5.41) is 10.9. The maximum absolute atomic E-state index is 11.8. The van der Waals surface area contributed by atoms with Gasteiger partial charge in [0.05, 0.1) is 11.5 Å². The molecule has 0 unspecified atom stereocenters. The second kappa shape index (κ2) is 7.58. The van der Waals surface area contributed by atoms with Gasteiger partial charge in [0.1, 0.15) is 5.69 Å². The van der Waals surface area contributed by atoms with Crippen molar-refractivity contribution < 1.29 is 9.72 Å². The van der Waals surface area contributed by atoms with Crippen molar-refractivity contribution in [3.05, 3.63) is 33.9 Å². The SMILES string of the molecule is CCCN(CC(=O)N(C)C)Cc1cccc([N+](=O)[O-])c1N. The third kappa shape index (κ3) is 4.71. The number of amides is 1. The highest BCUT2D eigenvalue weighted by Gasteiger charge is 2.18. The van der Waals surface area contributed by atoms with Crippen LogP contribution in [-0.4, -0.2) is 47.8 Å². The monoisotopic (exact) mass is 294 g/mol. The first kappa shape index (κ1) is 16.9. The molecular weight excluding hydrogens is 272 g/mol. The number of nitrogen functional groups attached to an aromatic ring is 1. The summed E-state index contributed by atoms with van der Waals surface area (Å²) in [6.07, 6.45) is 0.884. The van der Waals surface area contributed by atoms with Gasteiger partial charge < -0.3 is 10.6 Å². The molecular formula is C14H22N4O3. The number of carbonyl (C=O) groups is 1. The summed E-state index contributed by atoms with van der Waals surface area (Å²) < 4.78 is 0. The fraction of sp³-hybridized carbons (Fsp3) is 0.500. The van der Waals surface area contributed by atoms with Crippen LogP contribution in [0.4, 0.5) is 11.4 Å². The quantitative estimate of drug-likeness (QED) is 0.467. The molecule has 116 valence electrons. The van der Waals surface area contributed by atoms with Crippen molar-refractivity contribution in [2.24, 2.45) is 0 Å². The molecule has 0 heterocycles. The fourth-order valence-electron chi connectivity index (χ4n) is 2.00. The molecule has 21 heavy (non-hydrogen) atoms. The van der Waals surface area contributed by atoms with E-state index in [2.05, 4.69) is 0 Å². The number of benzene rings is 1. The van der Waals surface area contributed by atoms with E-state index < -0.39 is 4.92 Å². The molecule has 0 aliphatic heterocycles. The van der Waals surface area contributed by atoms with E-state index in [1.54, 1.807) is 26.2 Å². The lowest BCUT2D eigenvalue weighted by Crippen LogP contribution is -2.36. The lowest BCUT2D eigenvalue weighted by Gasteiger charge is -2.23. The molecule has 0 spiro atoms. The van der Waals surface area contributed by atoms with E-state index in [0.29, 0.717) is 12.1 Å². The van der Waals surface area contributed by atoms with E-state index >= 15 is 0 Å². The van der Waals surface area contributed by atoms with Crippen LogP contribution < -0.4 is 5.73 Å². The van der Waals surface area contributed by atoms with Gasteiger partial charge in [0.2, 0.25) is 5.91 Å². The van der Waals surface area contributed by atoms with Gasteiger partial charge in [-0.05, 0) is 18.5 Å². The number of nitro groups is 1. The fourth-order valence-corrected chi connectivity index (χ4v) is 2.00. The molecule has 0 atom stereocenters. The zero-order valence-corrected chi connectivity index (χ0v) is 12.7. The molecule has 2 N–H and O–H groups in total. The van der Waals surface area contributed by atoms with Crippen LogP contribution in [0.5, 0.6) is 0 Å². The average molecular weight is 294 g/mol. The van der Waals surface area contributed by atoms with Crippen LogP contribution in [0.25, 0.3) is 0 Å². The molecule has 0 radical (unpaired) electrons. The normalized spacial score (nSPS) is 10.7. The molecule has 0 aliphatic carbocycles. The maximum Gasteiger partial charge on any atom is 0.292 e. The van der Waals surface area contributed by atoms with E-state index in [1.165, 1.54) is 11.0 Å². The zero-order chi connectivity index (χ0) is 16.0. The Morgan fingerprint density at radius 1 is 1.38 bits per heavy atom. The molecule has 7 heteroatoms. The van der Waals surface area contributed by atoms with Crippen molar-refractivity contribution in [2.75, 3.05) is 32.9 Å². The first-order chi connectivity index (χ1) is 9.86. The van der Waals surface area contributed by atoms with E-state index in [1.807, 2.05) is 11.8 Å². The largest absolute Gasteiger partial charge is 0.393 e. The van der Waals surface area contributed by atoms with Crippen molar-refractivity contribution >= 4 is 17.3 Å². The van der Waals surface area contributed by atoms with Gasteiger partial charge in [-0.3, -0.25) is 19.8 Å². The van der Waals surface area contributed by atoms with Gasteiger partial charge in [0.25, 0.3) is 5.69 Å². The second-order valence-electron chi connectivity index (χ2n) is 5.11. The Morgan fingerprint density at radius 2 is 2.05 bits per heavy atom. The van der Waals surface area contributed by atoms with Crippen molar-refractivity contribution in [2.45, 2.75) is 19.9 Å². The minimum absolute atomic E-state index is 0.00699. The third-order valence-corrected chi connectivity index (χ3v) is 3.16. The van der Waals surface area contributed by atoms with E-state index in [0.717, 1.165) is 13.0 Å². The zero-order valence-electron chi connectivity index (χ0n) is 12.7. The summed E-state index contributed by atoms with van der Waals surface area (Å²) in [4.78, 5) is 25.7. The number of anilines is 1. The predicted molar refractivity (Wildman–Crippen MR) is 81.8 cm³/mol. The number of para-hydroxylation sites is 1. The first-order valence-electron chi connectivity index (χ1n) is 6.81. The number of likely N-dealkylation sites (N-methyl/N-ethyl adjacent to an activating group) is 1. The summed E-state index contributed by atoms with van der Waals surface area (Å²) in [5.41, 5.74) is 6.60. The summed E-state index contributed by atoms with van der Waals surface area (Å²) in [7, 11) is 3.41. The van der Waals surface area contributed by atoms with Crippen LogP contribution >= 0.6 is 0 Å². The van der Waals surface area contributed by atoms with Crippen LogP contribution in [0.2, 0.25) is 0 Å². The topological polar surface area (TPSA) is 92.7 Å². The molecule has 0 aromatic heterocycles. The number of nitrogens with zero attached hydrogens (tertiary/aromatic N) is 3. The summed E-state index contributed by atoms with van der Waals surface area (Å²) >= 11 is 0. The Balaban J connectivity index is 2.91. The van der Waals surface area contributed by atoms with Crippen molar-refractivity contribution in [1.82, 2.24) is 9.80 Å². The molecule has 0 saturated heterocycles. The number of hydrogen-bond acceptors (Lipinski definition) is 5. The molecule has 0 aliphatic rings. The van der Waals surface area contributed by atoms with Crippen LogP contribution in [-0.2, 0) is 11.3 Å². The Bertz CT molecular complexity index is 517. The van der Waals surface area contributed by atoms with E-state index in [9.17, 15) is 14.9 Å². The van der Waals surface area contributed by atoms with Gasteiger partial charge in [0, 0.05) is 26.7 Å². The molecule has 1 aromatic rings. The first-order valence-corrected chi connectivity index (χ1v) is 6.81. The molecule has 1 amide bonds. The van der Waals surface area contributed by atoms with Crippen LogP contribution in [0.3, 0.4) is 0 Å². The Kier molecular flexibility index (Phi) is 6.10. The molecule has 0 bridgehead atoms. The van der Waals surface area contributed by atoms with Gasteiger partial charge >= 0.3 is 0 Å². The Labute approximate surface area is 124 Å². The lowest BCUT2D eigenvalue weighted by molar-refractivity contribution is -0.384. The molecule has 0 fully saturated rings. The van der Waals surface area contributed by atoms with Gasteiger partial charge in [-0.2, -0.15) is 0 Å². The maximum atomic E-state index is 11.8. The van der Waals surface area contributed by atoms with Crippen molar-refractivity contribution in [3.63, 3.8) is 0 Å². The van der Waals surface area contributed by atoms with Gasteiger partial charge in [0.15, 0.2) is 0 Å². The number of nitrogens with two attached hydrogens (primary N) is 1. The summed E-state index contributed by atoms with van der Waals surface area (Å²) in [6, 6.07) is 4.75. The lowest BCUT2D eigenvalue weighted by atomic mass is 10.1. The Hall–Kier alpha value is -2.15. The average Bonchev–Trinajstić information content (AvgIpc) is 2.40. The highest BCUT2D eigenvalue weighted by Crippen LogP contribution is 2.25. The predicted octanol–water partition coefficient (Wildman–Crippen LogP) is 1.48. The summed E-state index contributed by atoms with van der Waals surface area (Å²) in [5.74, 6) is -0.00699. The van der Waals surface area contributed by atoms with Crippen LogP contribution in [0, 0.1) is 10.1 Å². The van der Waals surface area contributed by atoms with Gasteiger partial charge in [-0.1, -0.05) is 19.1 Å². The smallest absolute Gasteiger partial charge is 0.292 e. The van der Waals surface area contributed by atoms with Gasteiger partial charge in [-0.25, -0.2) is 0 Å². The highest BCUT2D eigenvalue weighted by atomic mass is 16.6. The number of carbonyl (C=O) groups excluding carboxylic acids is 1. The molecule has 1 aromatic carbocycles. The highest BCUT2D eigenvalue weighted by molar-refractivity contribution is 5.77. The van der Waals surface area contributed by atoms with E-state index in [4.69, 9.17) is 5.73 Å². The Morgan fingerprint density at radius 3 is 2.57 bits per heavy atom. The molecule has 1 rings (SSSR count). The van der Waals surface area contributed by atoms with Crippen LogP contribution in [0.1, 0.15) is 18.9 Å².